The van der Waals surface area contributed by atoms with Gasteiger partial charge >= 0.3 is 0 Å². The minimum Gasteiger partial charge on any atom is -0.398 e. The first kappa shape index (κ1) is 10.6. The van der Waals surface area contributed by atoms with E-state index in [1.54, 1.807) is 18.2 Å². The quantitative estimate of drug-likeness (QED) is 0.830. The van der Waals surface area contributed by atoms with Gasteiger partial charge < -0.3 is 10.3 Å². The number of benzene rings is 1. The molecular weight excluding hydrogens is 238 g/mol. The van der Waals surface area contributed by atoms with Crippen molar-refractivity contribution in [3.63, 3.8) is 0 Å². The summed E-state index contributed by atoms with van der Waals surface area (Å²) in [7, 11) is 0. The lowest BCUT2D eigenvalue weighted by Gasteiger charge is -2.20. The van der Waals surface area contributed by atoms with Crippen LogP contribution in [-0.2, 0) is 0 Å². The number of nitrogens with zero attached hydrogens (tertiary/aromatic N) is 2. The number of nitrogen functional groups attached to an aromatic ring is 1. The zero-order valence-electron chi connectivity index (χ0n) is 9.19. The van der Waals surface area contributed by atoms with E-state index in [2.05, 4.69) is 10.1 Å². The van der Waals surface area contributed by atoms with Crippen LogP contribution in [0.15, 0.2) is 22.7 Å². The van der Waals surface area contributed by atoms with E-state index >= 15 is 0 Å². The molecule has 1 aromatic carbocycles. The van der Waals surface area contributed by atoms with E-state index in [0.717, 1.165) is 24.2 Å². The lowest BCUT2D eigenvalue weighted by molar-refractivity contribution is 0.366. The highest BCUT2D eigenvalue weighted by Crippen LogP contribution is 2.36. The van der Waals surface area contributed by atoms with Crippen LogP contribution in [0.25, 0.3) is 11.5 Å². The molecule has 0 aliphatic heterocycles. The van der Waals surface area contributed by atoms with Gasteiger partial charge in [-0.25, -0.2) is 0 Å². The van der Waals surface area contributed by atoms with Gasteiger partial charge in [0.2, 0.25) is 0 Å². The van der Waals surface area contributed by atoms with Crippen molar-refractivity contribution in [1.82, 2.24) is 10.1 Å². The third kappa shape index (κ3) is 1.89. The molecule has 1 heterocycles. The lowest BCUT2D eigenvalue weighted by atomic mass is 9.85. The molecule has 1 saturated carbocycles. The second-order valence-electron chi connectivity index (χ2n) is 4.32. The van der Waals surface area contributed by atoms with Crippen LogP contribution in [-0.4, -0.2) is 10.1 Å². The molecule has 2 N–H and O–H groups in total. The van der Waals surface area contributed by atoms with Crippen LogP contribution in [0, 0.1) is 0 Å². The van der Waals surface area contributed by atoms with E-state index in [9.17, 15) is 0 Å². The largest absolute Gasteiger partial charge is 0.398 e. The van der Waals surface area contributed by atoms with Gasteiger partial charge in [-0.1, -0.05) is 23.2 Å². The van der Waals surface area contributed by atoms with Gasteiger partial charge in [0.15, 0.2) is 5.82 Å². The van der Waals surface area contributed by atoms with Crippen molar-refractivity contribution in [2.75, 3.05) is 5.73 Å². The Morgan fingerprint density at radius 2 is 2.18 bits per heavy atom. The summed E-state index contributed by atoms with van der Waals surface area (Å²) in [6, 6.07) is 5.25. The molecular formula is C12H12ClN3O. The molecule has 1 aliphatic rings. The molecule has 0 saturated heterocycles. The zero-order valence-corrected chi connectivity index (χ0v) is 9.94. The molecule has 0 atom stereocenters. The van der Waals surface area contributed by atoms with Crippen molar-refractivity contribution in [3.8, 4) is 11.5 Å². The second-order valence-corrected chi connectivity index (χ2v) is 4.75. The molecule has 1 aliphatic carbocycles. The molecule has 4 nitrogen and oxygen atoms in total. The van der Waals surface area contributed by atoms with Gasteiger partial charge in [-0.05, 0) is 31.0 Å². The Balaban J connectivity index is 1.94. The number of rotatable bonds is 2. The summed E-state index contributed by atoms with van der Waals surface area (Å²) in [5.41, 5.74) is 7.17. The fraction of sp³-hybridized carbons (Fsp3) is 0.333. The standard InChI is InChI=1S/C12H12ClN3O/c13-8-4-5-9(10(14)6-8)12-15-11(16-17-12)7-2-1-3-7/h4-7H,1-3,14H2. The third-order valence-electron chi connectivity index (χ3n) is 3.16. The molecule has 0 amide bonds. The van der Waals surface area contributed by atoms with Crippen molar-refractivity contribution >= 4 is 17.3 Å². The van der Waals surface area contributed by atoms with E-state index in [1.807, 2.05) is 0 Å². The maximum absolute atomic E-state index is 5.87. The summed E-state index contributed by atoms with van der Waals surface area (Å²) in [6.07, 6.45) is 3.54. The molecule has 0 radical (unpaired) electrons. The highest BCUT2D eigenvalue weighted by Gasteiger charge is 2.25. The minimum atomic E-state index is 0.459. The number of halogens is 1. The molecule has 0 unspecified atom stereocenters. The summed E-state index contributed by atoms with van der Waals surface area (Å²) < 4.78 is 5.24. The van der Waals surface area contributed by atoms with Gasteiger partial charge in [0.1, 0.15) is 0 Å². The van der Waals surface area contributed by atoms with E-state index < -0.39 is 0 Å². The fourth-order valence-corrected chi connectivity index (χ4v) is 2.09. The topological polar surface area (TPSA) is 64.9 Å². The van der Waals surface area contributed by atoms with E-state index in [-0.39, 0.29) is 0 Å². The predicted octanol–water partition coefficient (Wildman–Crippen LogP) is 3.24. The Morgan fingerprint density at radius 1 is 1.35 bits per heavy atom. The Kier molecular flexibility index (Phi) is 2.52. The molecule has 3 rings (SSSR count). The summed E-state index contributed by atoms with van der Waals surface area (Å²) in [4.78, 5) is 4.39. The van der Waals surface area contributed by atoms with Gasteiger partial charge in [-0.15, -0.1) is 0 Å². The smallest absolute Gasteiger partial charge is 0.260 e. The van der Waals surface area contributed by atoms with Gasteiger partial charge in [0.25, 0.3) is 5.89 Å². The van der Waals surface area contributed by atoms with Crippen LogP contribution >= 0.6 is 11.6 Å². The fourth-order valence-electron chi connectivity index (χ4n) is 1.90. The Morgan fingerprint density at radius 3 is 2.82 bits per heavy atom. The number of anilines is 1. The lowest BCUT2D eigenvalue weighted by Crippen LogP contribution is -2.10. The Bertz CT molecular complexity index is 548. The maximum Gasteiger partial charge on any atom is 0.260 e. The van der Waals surface area contributed by atoms with Crippen molar-refractivity contribution in [2.24, 2.45) is 0 Å². The number of nitrogens with two attached hydrogens (primary N) is 1. The van der Waals surface area contributed by atoms with Gasteiger partial charge in [0, 0.05) is 16.6 Å². The van der Waals surface area contributed by atoms with E-state index in [4.69, 9.17) is 21.9 Å². The molecule has 0 spiro atoms. The second kappa shape index (κ2) is 4.04. The van der Waals surface area contributed by atoms with Crippen LogP contribution in [0.2, 0.25) is 5.02 Å². The molecule has 17 heavy (non-hydrogen) atoms. The van der Waals surface area contributed by atoms with Crippen molar-refractivity contribution < 1.29 is 4.52 Å². The normalized spacial score (nSPS) is 15.8. The van der Waals surface area contributed by atoms with Crippen molar-refractivity contribution in [1.29, 1.82) is 0 Å². The zero-order chi connectivity index (χ0) is 11.8. The van der Waals surface area contributed by atoms with Crippen molar-refractivity contribution in [2.45, 2.75) is 25.2 Å². The first-order valence-corrected chi connectivity index (χ1v) is 6.01. The third-order valence-corrected chi connectivity index (χ3v) is 3.39. The summed E-state index contributed by atoms with van der Waals surface area (Å²) in [6.45, 7) is 0. The van der Waals surface area contributed by atoms with Gasteiger partial charge in [0.05, 0.1) is 5.56 Å². The SMILES string of the molecule is Nc1cc(Cl)ccc1-c1nc(C2CCC2)no1. The average molecular weight is 250 g/mol. The van der Waals surface area contributed by atoms with Crippen LogP contribution in [0.4, 0.5) is 5.69 Å². The monoisotopic (exact) mass is 249 g/mol. The number of aromatic nitrogens is 2. The van der Waals surface area contributed by atoms with Crippen molar-refractivity contribution in [3.05, 3.63) is 29.0 Å². The summed E-state index contributed by atoms with van der Waals surface area (Å²) in [5.74, 6) is 1.72. The average Bonchev–Trinajstić information content (AvgIpc) is 2.64. The Labute approximate surface area is 104 Å². The molecule has 5 heteroatoms. The first-order valence-electron chi connectivity index (χ1n) is 5.63. The molecule has 0 bridgehead atoms. The first-order chi connectivity index (χ1) is 8.24. The number of hydrogen-bond donors (Lipinski definition) is 1. The molecule has 1 fully saturated rings. The Hall–Kier alpha value is -1.55. The predicted molar refractivity (Wildman–Crippen MR) is 65.7 cm³/mol. The maximum atomic E-state index is 5.87. The molecule has 88 valence electrons. The highest BCUT2D eigenvalue weighted by atomic mass is 35.5. The van der Waals surface area contributed by atoms with Gasteiger partial charge in [-0.3, -0.25) is 0 Å². The molecule has 2 aromatic rings. The number of hydrogen-bond acceptors (Lipinski definition) is 4. The summed E-state index contributed by atoms with van der Waals surface area (Å²) >= 11 is 5.85. The summed E-state index contributed by atoms with van der Waals surface area (Å²) in [5, 5.41) is 4.61. The minimum absolute atomic E-state index is 0.459. The highest BCUT2D eigenvalue weighted by molar-refractivity contribution is 6.31. The van der Waals surface area contributed by atoms with Gasteiger partial charge in [-0.2, -0.15) is 4.98 Å². The van der Waals surface area contributed by atoms with E-state index in [0.29, 0.717) is 22.5 Å². The van der Waals surface area contributed by atoms with Crippen LogP contribution < -0.4 is 5.73 Å². The van der Waals surface area contributed by atoms with Crippen LogP contribution in [0.5, 0.6) is 0 Å². The molecule has 1 aromatic heterocycles. The van der Waals surface area contributed by atoms with Crippen LogP contribution in [0.3, 0.4) is 0 Å². The van der Waals surface area contributed by atoms with E-state index in [1.165, 1.54) is 6.42 Å². The van der Waals surface area contributed by atoms with Crippen LogP contribution in [0.1, 0.15) is 31.0 Å².